The van der Waals surface area contributed by atoms with E-state index >= 15 is 0 Å². The van der Waals surface area contributed by atoms with Gasteiger partial charge in [-0.25, -0.2) is 0 Å². The number of terminal acetylenes is 1. The molecule has 14 heavy (non-hydrogen) atoms. The Kier molecular flexibility index (Phi) is 3.29. The summed E-state index contributed by atoms with van der Waals surface area (Å²) in [5.74, 6) is 2.07. The average Bonchev–Trinajstić information content (AvgIpc) is 2.39. The van der Waals surface area contributed by atoms with Crippen molar-refractivity contribution in [1.29, 1.82) is 0 Å². The summed E-state index contributed by atoms with van der Waals surface area (Å²) in [5.41, 5.74) is 0. The van der Waals surface area contributed by atoms with Crippen molar-refractivity contribution in [2.75, 3.05) is 0 Å². The minimum absolute atomic E-state index is 0.119. The van der Waals surface area contributed by atoms with E-state index in [0.717, 1.165) is 6.42 Å². The first kappa shape index (κ1) is 10.8. The summed E-state index contributed by atoms with van der Waals surface area (Å²) >= 11 is 0. The Morgan fingerprint density at radius 1 is 1.64 bits per heavy atom. The highest BCUT2D eigenvalue weighted by atomic mass is 16.2. The van der Waals surface area contributed by atoms with E-state index in [9.17, 15) is 9.59 Å². The van der Waals surface area contributed by atoms with Crippen LogP contribution in [0.25, 0.3) is 0 Å². The second-order valence-electron chi connectivity index (χ2n) is 3.68. The van der Waals surface area contributed by atoms with E-state index in [0.29, 0.717) is 12.8 Å². The van der Waals surface area contributed by atoms with Crippen LogP contribution in [-0.2, 0) is 9.59 Å². The molecule has 0 bridgehead atoms. The van der Waals surface area contributed by atoms with Crippen LogP contribution in [0.2, 0.25) is 0 Å². The Morgan fingerprint density at radius 2 is 2.29 bits per heavy atom. The number of hydrogen-bond donors (Lipinski definition) is 0. The lowest BCUT2D eigenvalue weighted by Crippen LogP contribution is -2.39. The molecule has 1 fully saturated rings. The standard InChI is InChI=1S/C11H15NO2/c1-4-6-9(5-2)12-10(13)7-8(3)11(12)14/h2,8-9H,4,6-7H2,1,3H3. The lowest BCUT2D eigenvalue weighted by atomic mass is 10.1. The fourth-order valence-corrected chi connectivity index (χ4v) is 1.70. The molecule has 0 aromatic carbocycles. The zero-order valence-corrected chi connectivity index (χ0v) is 8.62. The highest BCUT2D eigenvalue weighted by molar-refractivity contribution is 6.03. The van der Waals surface area contributed by atoms with Crippen LogP contribution in [0.15, 0.2) is 0 Å². The van der Waals surface area contributed by atoms with Crippen LogP contribution in [0.4, 0.5) is 0 Å². The molecule has 1 saturated heterocycles. The molecule has 0 aliphatic carbocycles. The van der Waals surface area contributed by atoms with Gasteiger partial charge in [-0.2, -0.15) is 0 Å². The van der Waals surface area contributed by atoms with Crippen molar-refractivity contribution in [2.45, 2.75) is 39.2 Å². The maximum atomic E-state index is 11.6. The predicted molar refractivity (Wildman–Crippen MR) is 53.2 cm³/mol. The third-order valence-electron chi connectivity index (χ3n) is 2.47. The molecule has 76 valence electrons. The van der Waals surface area contributed by atoms with Gasteiger partial charge in [0.15, 0.2) is 0 Å². The van der Waals surface area contributed by atoms with E-state index in [1.807, 2.05) is 6.92 Å². The highest BCUT2D eigenvalue weighted by Crippen LogP contribution is 2.22. The molecule has 2 unspecified atom stereocenters. The molecule has 1 aliphatic heterocycles. The molecule has 0 N–H and O–H groups in total. The molecule has 0 radical (unpaired) electrons. The van der Waals surface area contributed by atoms with Crippen molar-refractivity contribution < 1.29 is 9.59 Å². The van der Waals surface area contributed by atoms with Crippen LogP contribution < -0.4 is 0 Å². The average molecular weight is 193 g/mol. The number of hydrogen-bond acceptors (Lipinski definition) is 2. The number of likely N-dealkylation sites (tertiary alicyclic amines) is 1. The second kappa shape index (κ2) is 4.28. The van der Waals surface area contributed by atoms with Gasteiger partial charge in [0, 0.05) is 12.3 Å². The van der Waals surface area contributed by atoms with Gasteiger partial charge in [-0.05, 0) is 6.42 Å². The zero-order valence-electron chi connectivity index (χ0n) is 8.62. The first-order valence-electron chi connectivity index (χ1n) is 4.93. The Balaban J connectivity index is 2.80. The first-order valence-corrected chi connectivity index (χ1v) is 4.93. The van der Waals surface area contributed by atoms with Crippen LogP contribution in [0.5, 0.6) is 0 Å². The van der Waals surface area contributed by atoms with Gasteiger partial charge in [-0.1, -0.05) is 26.2 Å². The Bertz CT molecular complexity index is 290. The number of rotatable bonds is 3. The van der Waals surface area contributed by atoms with E-state index < -0.39 is 0 Å². The smallest absolute Gasteiger partial charge is 0.233 e. The molecule has 3 heteroatoms. The molecule has 3 nitrogen and oxygen atoms in total. The van der Waals surface area contributed by atoms with Gasteiger partial charge in [-0.3, -0.25) is 14.5 Å². The van der Waals surface area contributed by atoms with Gasteiger partial charge in [0.2, 0.25) is 11.8 Å². The molecule has 1 heterocycles. The van der Waals surface area contributed by atoms with Crippen LogP contribution in [0.1, 0.15) is 33.1 Å². The summed E-state index contributed by atoms with van der Waals surface area (Å²) in [6, 6.07) is -0.343. The van der Waals surface area contributed by atoms with Crippen molar-refractivity contribution in [3.8, 4) is 12.3 Å². The maximum Gasteiger partial charge on any atom is 0.233 e. The summed E-state index contributed by atoms with van der Waals surface area (Å²) in [7, 11) is 0. The Hall–Kier alpha value is -1.30. The lowest BCUT2D eigenvalue weighted by Gasteiger charge is -2.21. The number of imide groups is 1. The number of carbonyl (C=O) groups is 2. The molecular weight excluding hydrogens is 178 g/mol. The van der Waals surface area contributed by atoms with Crippen LogP contribution in [0.3, 0.4) is 0 Å². The monoisotopic (exact) mass is 193 g/mol. The van der Waals surface area contributed by atoms with E-state index in [2.05, 4.69) is 5.92 Å². The quantitative estimate of drug-likeness (QED) is 0.498. The minimum Gasteiger partial charge on any atom is -0.274 e. The van der Waals surface area contributed by atoms with Gasteiger partial charge in [-0.15, -0.1) is 6.42 Å². The Morgan fingerprint density at radius 3 is 2.64 bits per heavy atom. The van der Waals surface area contributed by atoms with Crippen molar-refractivity contribution in [3.63, 3.8) is 0 Å². The maximum absolute atomic E-state index is 11.6. The largest absolute Gasteiger partial charge is 0.274 e. The minimum atomic E-state index is -0.343. The zero-order chi connectivity index (χ0) is 10.7. The second-order valence-corrected chi connectivity index (χ2v) is 3.68. The molecule has 1 aliphatic rings. The Labute approximate surface area is 84.5 Å². The fourth-order valence-electron chi connectivity index (χ4n) is 1.70. The van der Waals surface area contributed by atoms with E-state index in [4.69, 9.17) is 6.42 Å². The van der Waals surface area contributed by atoms with Crippen molar-refractivity contribution in [3.05, 3.63) is 0 Å². The van der Waals surface area contributed by atoms with Crippen LogP contribution >= 0.6 is 0 Å². The van der Waals surface area contributed by atoms with E-state index in [-0.39, 0.29) is 23.8 Å². The summed E-state index contributed by atoms with van der Waals surface area (Å²) < 4.78 is 0. The normalized spacial score (nSPS) is 23.8. The molecule has 0 aromatic heterocycles. The topological polar surface area (TPSA) is 37.4 Å². The molecule has 0 saturated carbocycles. The van der Waals surface area contributed by atoms with Gasteiger partial charge < -0.3 is 0 Å². The van der Waals surface area contributed by atoms with Crippen molar-refractivity contribution in [1.82, 2.24) is 4.90 Å². The van der Waals surface area contributed by atoms with Gasteiger partial charge in [0.05, 0.1) is 0 Å². The van der Waals surface area contributed by atoms with E-state index in [1.54, 1.807) is 6.92 Å². The summed E-state index contributed by atoms with van der Waals surface area (Å²) in [4.78, 5) is 24.3. The summed E-state index contributed by atoms with van der Waals surface area (Å²) in [5, 5.41) is 0. The predicted octanol–water partition coefficient (Wildman–Crippen LogP) is 1.18. The first-order chi connectivity index (χ1) is 6.61. The van der Waals surface area contributed by atoms with Gasteiger partial charge in [0.1, 0.15) is 6.04 Å². The molecule has 0 spiro atoms. The van der Waals surface area contributed by atoms with Crippen LogP contribution in [-0.4, -0.2) is 22.8 Å². The van der Waals surface area contributed by atoms with E-state index in [1.165, 1.54) is 4.90 Å². The fraction of sp³-hybridized carbons (Fsp3) is 0.636. The van der Waals surface area contributed by atoms with Crippen molar-refractivity contribution in [2.24, 2.45) is 5.92 Å². The van der Waals surface area contributed by atoms with Gasteiger partial charge >= 0.3 is 0 Å². The lowest BCUT2D eigenvalue weighted by molar-refractivity contribution is -0.140. The van der Waals surface area contributed by atoms with Gasteiger partial charge in [0.25, 0.3) is 0 Å². The molecular formula is C11H15NO2. The number of carbonyl (C=O) groups excluding carboxylic acids is 2. The number of nitrogens with zero attached hydrogens (tertiary/aromatic N) is 1. The molecule has 2 atom stereocenters. The third kappa shape index (κ3) is 1.79. The summed E-state index contributed by atoms with van der Waals surface area (Å²) in [6.07, 6.45) is 7.19. The SMILES string of the molecule is C#CC(CCC)N1C(=O)CC(C)C1=O. The third-order valence-corrected chi connectivity index (χ3v) is 2.47. The molecule has 0 aromatic rings. The molecule has 2 amide bonds. The summed E-state index contributed by atoms with van der Waals surface area (Å²) in [6.45, 7) is 3.75. The highest BCUT2D eigenvalue weighted by Gasteiger charge is 2.38. The van der Waals surface area contributed by atoms with Crippen molar-refractivity contribution >= 4 is 11.8 Å². The molecule has 1 rings (SSSR count). The van der Waals surface area contributed by atoms with Crippen LogP contribution in [0, 0.1) is 18.3 Å². The number of amides is 2.